The van der Waals surface area contributed by atoms with Gasteiger partial charge < -0.3 is 15.4 Å². The summed E-state index contributed by atoms with van der Waals surface area (Å²) in [5.74, 6) is -0.189. The molecule has 0 heterocycles. The van der Waals surface area contributed by atoms with Crippen LogP contribution in [0.25, 0.3) is 0 Å². The lowest BCUT2D eigenvalue weighted by Crippen LogP contribution is -2.39. The van der Waals surface area contributed by atoms with E-state index in [1.165, 1.54) is 0 Å². The molecule has 1 unspecified atom stereocenters. The first-order chi connectivity index (χ1) is 8.74. The summed E-state index contributed by atoms with van der Waals surface area (Å²) in [6.07, 6.45) is 0. The fourth-order valence-corrected chi connectivity index (χ4v) is 1.91. The van der Waals surface area contributed by atoms with Crippen LogP contribution in [0.5, 0.6) is 0 Å². The van der Waals surface area contributed by atoms with Crippen LogP contribution in [0.4, 0.5) is 0 Å². The van der Waals surface area contributed by atoms with Crippen LogP contribution in [-0.4, -0.2) is 44.2 Å². The van der Waals surface area contributed by atoms with E-state index in [4.69, 9.17) is 10.5 Å². The largest absolute Gasteiger partial charge is 0.383 e. The third kappa shape index (κ3) is 3.82. The van der Waals surface area contributed by atoms with E-state index in [0.717, 1.165) is 5.56 Å². The molecular formula is C14H22N2O2. The molecule has 1 atom stereocenters. The minimum absolute atomic E-state index is 0.0725. The van der Waals surface area contributed by atoms with Gasteiger partial charge in [-0.3, -0.25) is 4.79 Å². The summed E-state index contributed by atoms with van der Waals surface area (Å²) in [5, 5.41) is 0. The van der Waals surface area contributed by atoms with Gasteiger partial charge in [-0.05, 0) is 12.5 Å². The van der Waals surface area contributed by atoms with E-state index < -0.39 is 0 Å². The molecule has 1 rings (SSSR count). The Morgan fingerprint density at radius 1 is 1.39 bits per heavy atom. The molecule has 0 saturated heterocycles. The van der Waals surface area contributed by atoms with E-state index in [1.807, 2.05) is 37.3 Å². The standard InChI is InChI=1S/C14H22N2O2/c1-3-16(9-10-18-2)14(17)13(11-15)12-7-5-4-6-8-12/h4-8,13H,3,9-11,15H2,1-2H3. The van der Waals surface area contributed by atoms with Gasteiger partial charge in [0.1, 0.15) is 0 Å². The van der Waals surface area contributed by atoms with Gasteiger partial charge in [-0.2, -0.15) is 0 Å². The number of methoxy groups -OCH3 is 1. The maximum atomic E-state index is 12.4. The summed E-state index contributed by atoms with van der Waals surface area (Å²) in [5.41, 5.74) is 6.72. The second-order valence-electron chi connectivity index (χ2n) is 4.11. The third-order valence-electron chi connectivity index (χ3n) is 2.99. The molecule has 1 amide bonds. The second-order valence-corrected chi connectivity index (χ2v) is 4.11. The van der Waals surface area contributed by atoms with Crippen LogP contribution in [-0.2, 0) is 9.53 Å². The number of hydrogen-bond donors (Lipinski definition) is 1. The Kier molecular flexibility index (Phi) is 6.39. The quantitative estimate of drug-likeness (QED) is 0.791. The molecule has 4 nitrogen and oxygen atoms in total. The van der Waals surface area contributed by atoms with Crippen molar-refractivity contribution in [3.63, 3.8) is 0 Å². The van der Waals surface area contributed by atoms with Gasteiger partial charge in [0.05, 0.1) is 12.5 Å². The Hall–Kier alpha value is -1.39. The van der Waals surface area contributed by atoms with E-state index in [0.29, 0.717) is 26.2 Å². The summed E-state index contributed by atoms with van der Waals surface area (Å²) in [4.78, 5) is 14.2. The maximum absolute atomic E-state index is 12.4. The van der Waals surface area contributed by atoms with E-state index in [9.17, 15) is 4.79 Å². The highest BCUT2D eigenvalue weighted by Crippen LogP contribution is 2.17. The first-order valence-electron chi connectivity index (χ1n) is 6.27. The Morgan fingerprint density at radius 3 is 2.56 bits per heavy atom. The number of nitrogens with two attached hydrogens (primary N) is 1. The average Bonchev–Trinajstić information content (AvgIpc) is 2.42. The van der Waals surface area contributed by atoms with Crippen molar-refractivity contribution in [2.45, 2.75) is 12.8 Å². The minimum atomic E-state index is -0.261. The Morgan fingerprint density at radius 2 is 2.06 bits per heavy atom. The van der Waals surface area contributed by atoms with Gasteiger partial charge in [-0.25, -0.2) is 0 Å². The molecule has 0 aliphatic rings. The lowest BCUT2D eigenvalue weighted by Gasteiger charge is -2.25. The SMILES string of the molecule is CCN(CCOC)C(=O)C(CN)c1ccccc1. The zero-order valence-electron chi connectivity index (χ0n) is 11.1. The van der Waals surface area contributed by atoms with Crippen LogP contribution in [0.1, 0.15) is 18.4 Å². The summed E-state index contributed by atoms with van der Waals surface area (Å²) in [7, 11) is 1.63. The molecule has 0 radical (unpaired) electrons. The van der Waals surface area contributed by atoms with Crippen molar-refractivity contribution in [1.82, 2.24) is 4.90 Å². The molecule has 4 heteroatoms. The van der Waals surface area contributed by atoms with Crippen molar-refractivity contribution in [1.29, 1.82) is 0 Å². The molecule has 2 N–H and O–H groups in total. The van der Waals surface area contributed by atoms with Crippen molar-refractivity contribution in [2.24, 2.45) is 5.73 Å². The number of ether oxygens (including phenoxy) is 1. The van der Waals surface area contributed by atoms with Gasteiger partial charge in [-0.1, -0.05) is 30.3 Å². The number of carbonyl (C=O) groups is 1. The predicted molar refractivity (Wildman–Crippen MR) is 72.4 cm³/mol. The molecule has 0 spiro atoms. The number of amides is 1. The molecule has 0 bridgehead atoms. The summed E-state index contributed by atoms with van der Waals surface area (Å²) in [6, 6.07) is 9.68. The Labute approximate surface area is 109 Å². The molecule has 1 aromatic rings. The monoisotopic (exact) mass is 250 g/mol. The smallest absolute Gasteiger partial charge is 0.231 e. The maximum Gasteiger partial charge on any atom is 0.231 e. The van der Waals surface area contributed by atoms with Crippen LogP contribution < -0.4 is 5.73 Å². The van der Waals surface area contributed by atoms with E-state index >= 15 is 0 Å². The van der Waals surface area contributed by atoms with Crippen molar-refractivity contribution < 1.29 is 9.53 Å². The first kappa shape index (κ1) is 14.7. The highest BCUT2D eigenvalue weighted by atomic mass is 16.5. The molecule has 100 valence electrons. The Balaban J connectivity index is 2.78. The van der Waals surface area contributed by atoms with Gasteiger partial charge in [0.2, 0.25) is 5.91 Å². The molecule has 0 saturated carbocycles. The molecule has 18 heavy (non-hydrogen) atoms. The molecule has 1 aromatic carbocycles. The number of rotatable bonds is 7. The summed E-state index contributed by atoms with van der Waals surface area (Å²) in [6.45, 7) is 4.12. The van der Waals surface area contributed by atoms with Crippen LogP contribution in [0.2, 0.25) is 0 Å². The van der Waals surface area contributed by atoms with Crippen molar-refractivity contribution in [3.8, 4) is 0 Å². The molecule has 0 aromatic heterocycles. The first-order valence-corrected chi connectivity index (χ1v) is 6.27. The van der Waals surface area contributed by atoms with E-state index in [1.54, 1.807) is 12.0 Å². The molecule has 0 aliphatic heterocycles. The third-order valence-corrected chi connectivity index (χ3v) is 2.99. The van der Waals surface area contributed by atoms with Gasteiger partial charge in [0, 0.05) is 26.7 Å². The number of likely N-dealkylation sites (N-methyl/N-ethyl adjacent to an activating group) is 1. The zero-order chi connectivity index (χ0) is 13.4. The number of carbonyl (C=O) groups excluding carboxylic acids is 1. The molecule has 0 aliphatic carbocycles. The van der Waals surface area contributed by atoms with Gasteiger partial charge >= 0.3 is 0 Å². The normalized spacial score (nSPS) is 12.2. The minimum Gasteiger partial charge on any atom is -0.383 e. The number of hydrogen-bond acceptors (Lipinski definition) is 3. The number of benzene rings is 1. The fraction of sp³-hybridized carbons (Fsp3) is 0.500. The lowest BCUT2D eigenvalue weighted by molar-refractivity contribution is -0.133. The second kappa shape index (κ2) is 7.84. The fourth-order valence-electron chi connectivity index (χ4n) is 1.91. The zero-order valence-corrected chi connectivity index (χ0v) is 11.1. The topological polar surface area (TPSA) is 55.6 Å². The lowest BCUT2D eigenvalue weighted by atomic mass is 9.98. The highest BCUT2D eigenvalue weighted by molar-refractivity contribution is 5.84. The van der Waals surface area contributed by atoms with Crippen LogP contribution in [0, 0.1) is 0 Å². The number of nitrogens with zero attached hydrogens (tertiary/aromatic N) is 1. The average molecular weight is 250 g/mol. The molecule has 0 fully saturated rings. The van der Waals surface area contributed by atoms with Crippen molar-refractivity contribution in [3.05, 3.63) is 35.9 Å². The van der Waals surface area contributed by atoms with Gasteiger partial charge in [-0.15, -0.1) is 0 Å². The van der Waals surface area contributed by atoms with Crippen molar-refractivity contribution >= 4 is 5.91 Å². The van der Waals surface area contributed by atoms with Gasteiger partial charge in [0.15, 0.2) is 0 Å². The van der Waals surface area contributed by atoms with Crippen LogP contribution in [0.15, 0.2) is 30.3 Å². The highest BCUT2D eigenvalue weighted by Gasteiger charge is 2.23. The van der Waals surface area contributed by atoms with Crippen molar-refractivity contribution in [2.75, 3.05) is 33.4 Å². The summed E-state index contributed by atoms with van der Waals surface area (Å²) >= 11 is 0. The molecular weight excluding hydrogens is 228 g/mol. The predicted octanol–water partition coefficient (Wildman–Crippen LogP) is 1.22. The van der Waals surface area contributed by atoms with Crippen LogP contribution in [0.3, 0.4) is 0 Å². The van der Waals surface area contributed by atoms with Crippen LogP contribution >= 0.6 is 0 Å². The van der Waals surface area contributed by atoms with Gasteiger partial charge in [0.25, 0.3) is 0 Å². The summed E-state index contributed by atoms with van der Waals surface area (Å²) < 4.78 is 5.02. The van der Waals surface area contributed by atoms with E-state index in [2.05, 4.69) is 0 Å². The Bertz CT molecular complexity index is 354. The van der Waals surface area contributed by atoms with E-state index in [-0.39, 0.29) is 11.8 Å².